The topological polar surface area (TPSA) is 109 Å². The minimum atomic E-state index is -3.85. The Bertz CT molecular complexity index is 604. The van der Waals surface area contributed by atoms with E-state index in [9.17, 15) is 18.3 Å². The molecule has 120 valence electrons. The van der Waals surface area contributed by atoms with E-state index in [0.29, 0.717) is 0 Å². The van der Waals surface area contributed by atoms with Gasteiger partial charge < -0.3 is 14.8 Å². The van der Waals surface area contributed by atoms with Gasteiger partial charge in [-0.15, -0.1) is 0 Å². The van der Waals surface area contributed by atoms with Gasteiger partial charge in [0.1, 0.15) is 10.6 Å². The van der Waals surface area contributed by atoms with Crippen molar-refractivity contribution >= 4 is 16.0 Å². The molecular weight excluding hydrogens is 296 g/mol. The molecule has 0 spiro atoms. The van der Waals surface area contributed by atoms with E-state index in [0.717, 1.165) is 6.07 Å². The van der Waals surface area contributed by atoms with Crippen molar-refractivity contribution in [1.82, 2.24) is 9.29 Å². The summed E-state index contributed by atoms with van der Waals surface area (Å²) in [6.45, 7) is 6.96. The Hall–Kier alpha value is -1.38. The number of hydrogen-bond donors (Lipinski definition) is 3. The molecule has 1 aromatic rings. The van der Waals surface area contributed by atoms with Gasteiger partial charge in [-0.05, 0) is 25.8 Å². The van der Waals surface area contributed by atoms with Gasteiger partial charge in [0.15, 0.2) is 0 Å². The zero-order chi connectivity index (χ0) is 16.4. The summed E-state index contributed by atoms with van der Waals surface area (Å²) in [6, 6.07) is 0.938. The second-order valence-corrected chi connectivity index (χ2v) is 7.30. The van der Waals surface area contributed by atoms with Crippen molar-refractivity contribution in [2.45, 2.75) is 44.7 Å². The van der Waals surface area contributed by atoms with Gasteiger partial charge >= 0.3 is 5.97 Å². The molecule has 21 heavy (non-hydrogen) atoms. The molecule has 1 aromatic heterocycles. The number of aromatic carboxylic acids is 1. The number of carbonyl (C=O) groups is 1. The molecule has 0 amide bonds. The fourth-order valence-electron chi connectivity index (χ4n) is 1.71. The van der Waals surface area contributed by atoms with Crippen LogP contribution in [0.15, 0.2) is 17.2 Å². The van der Waals surface area contributed by atoms with E-state index in [-0.39, 0.29) is 29.1 Å². The first-order valence-electron chi connectivity index (χ1n) is 6.69. The number of sulfonamides is 1. The fourth-order valence-corrected chi connectivity index (χ4v) is 2.79. The van der Waals surface area contributed by atoms with Gasteiger partial charge in [-0.25, -0.2) is 17.9 Å². The summed E-state index contributed by atoms with van der Waals surface area (Å²) >= 11 is 0. The molecule has 0 aromatic carbocycles. The molecule has 0 bridgehead atoms. The van der Waals surface area contributed by atoms with Crippen molar-refractivity contribution < 1.29 is 23.4 Å². The van der Waals surface area contributed by atoms with Crippen LogP contribution in [0, 0.1) is 5.92 Å². The Labute approximate surface area is 124 Å². The molecule has 1 rings (SSSR count). The van der Waals surface area contributed by atoms with Crippen LogP contribution in [0.4, 0.5) is 0 Å². The number of carboxylic acid groups (broad SMARTS) is 1. The van der Waals surface area contributed by atoms with Crippen LogP contribution in [0.2, 0.25) is 0 Å². The Kier molecular flexibility index (Phi) is 5.54. The SMILES string of the molecule is CC(C)C(O)CNS(=O)(=O)c1cc(C(=O)O)n(C(C)C)c1. The zero-order valence-corrected chi connectivity index (χ0v) is 13.4. The van der Waals surface area contributed by atoms with E-state index in [1.54, 1.807) is 27.7 Å². The fraction of sp³-hybridized carbons (Fsp3) is 0.615. The van der Waals surface area contributed by atoms with Crippen molar-refractivity contribution in [2.24, 2.45) is 5.92 Å². The number of rotatable bonds is 7. The van der Waals surface area contributed by atoms with E-state index in [1.165, 1.54) is 10.8 Å². The quantitative estimate of drug-likeness (QED) is 0.696. The van der Waals surface area contributed by atoms with Gasteiger partial charge in [0.25, 0.3) is 0 Å². The predicted octanol–water partition coefficient (Wildman–Crippen LogP) is 1.06. The van der Waals surface area contributed by atoms with Crippen LogP contribution in [-0.4, -0.2) is 41.8 Å². The molecule has 7 nitrogen and oxygen atoms in total. The molecule has 1 heterocycles. The lowest BCUT2D eigenvalue weighted by Crippen LogP contribution is -2.34. The van der Waals surface area contributed by atoms with E-state index < -0.39 is 22.1 Å². The zero-order valence-electron chi connectivity index (χ0n) is 12.6. The molecule has 1 atom stereocenters. The van der Waals surface area contributed by atoms with Crippen molar-refractivity contribution in [3.63, 3.8) is 0 Å². The Balaban J connectivity index is 3.04. The summed E-state index contributed by atoms with van der Waals surface area (Å²) < 4.78 is 28.0. The molecule has 0 aliphatic carbocycles. The molecule has 0 radical (unpaired) electrons. The van der Waals surface area contributed by atoms with Crippen LogP contribution < -0.4 is 4.72 Å². The summed E-state index contributed by atoms with van der Waals surface area (Å²) in [5.74, 6) is -1.27. The maximum atomic E-state index is 12.1. The highest BCUT2D eigenvalue weighted by Gasteiger charge is 2.23. The summed E-state index contributed by atoms with van der Waals surface area (Å²) in [5, 5.41) is 18.8. The third-order valence-electron chi connectivity index (χ3n) is 3.16. The largest absolute Gasteiger partial charge is 0.477 e. The average molecular weight is 318 g/mol. The Morgan fingerprint density at radius 1 is 1.33 bits per heavy atom. The minimum Gasteiger partial charge on any atom is -0.477 e. The first-order chi connectivity index (χ1) is 9.56. The molecule has 0 aliphatic rings. The van der Waals surface area contributed by atoms with Crippen LogP contribution in [0.5, 0.6) is 0 Å². The second kappa shape index (κ2) is 6.59. The predicted molar refractivity (Wildman–Crippen MR) is 77.8 cm³/mol. The van der Waals surface area contributed by atoms with Crippen molar-refractivity contribution in [1.29, 1.82) is 0 Å². The molecular formula is C13H22N2O5S. The maximum Gasteiger partial charge on any atom is 0.352 e. The number of aromatic nitrogens is 1. The Morgan fingerprint density at radius 3 is 2.29 bits per heavy atom. The molecule has 0 saturated heterocycles. The van der Waals surface area contributed by atoms with E-state index in [1.807, 2.05) is 0 Å². The van der Waals surface area contributed by atoms with E-state index in [2.05, 4.69) is 4.72 Å². The maximum absolute atomic E-state index is 12.1. The van der Waals surface area contributed by atoms with Crippen molar-refractivity contribution in [3.8, 4) is 0 Å². The third-order valence-corrected chi connectivity index (χ3v) is 4.55. The highest BCUT2D eigenvalue weighted by atomic mass is 32.2. The van der Waals surface area contributed by atoms with Crippen molar-refractivity contribution in [3.05, 3.63) is 18.0 Å². The van der Waals surface area contributed by atoms with Crippen LogP contribution in [-0.2, 0) is 10.0 Å². The van der Waals surface area contributed by atoms with Gasteiger partial charge in [0.2, 0.25) is 10.0 Å². The molecule has 3 N–H and O–H groups in total. The lowest BCUT2D eigenvalue weighted by molar-refractivity contribution is 0.0683. The van der Waals surface area contributed by atoms with E-state index in [4.69, 9.17) is 5.11 Å². The van der Waals surface area contributed by atoms with Gasteiger partial charge in [0, 0.05) is 18.8 Å². The second-order valence-electron chi connectivity index (χ2n) is 5.53. The van der Waals surface area contributed by atoms with Gasteiger partial charge in [-0.2, -0.15) is 0 Å². The number of aliphatic hydroxyl groups excluding tert-OH is 1. The highest BCUT2D eigenvalue weighted by Crippen LogP contribution is 2.19. The molecule has 8 heteroatoms. The number of carboxylic acids is 1. The van der Waals surface area contributed by atoms with Crippen LogP contribution in [0.1, 0.15) is 44.2 Å². The summed E-state index contributed by atoms with van der Waals surface area (Å²) in [7, 11) is -3.85. The van der Waals surface area contributed by atoms with Gasteiger partial charge in [-0.3, -0.25) is 0 Å². The summed E-state index contributed by atoms with van der Waals surface area (Å²) in [6.07, 6.45) is 0.490. The summed E-state index contributed by atoms with van der Waals surface area (Å²) in [5.41, 5.74) is -0.0882. The number of hydrogen-bond acceptors (Lipinski definition) is 4. The first-order valence-corrected chi connectivity index (χ1v) is 8.17. The molecule has 1 unspecified atom stereocenters. The lowest BCUT2D eigenvalue weighted by atomic mass is 10.1. The highest BCUT2D eigenvalue weighted by molar-refractivity contribution is 7.89. The minimum absolute atomic E-state index is 0.0810. The number of nitrogens with one attached hydrogen (secondary N) is 1. The monoisotopic (exact) mass is 318 g/mol. The van der Waals surface area contributed by atoms with Crippen LogP contribution >= 0.6 is 0 Å². The lowest BCUT2D eigenvalue weighted by Gasteiger charge is -2.14. The smallest absolute Gasteiger partial charge is 0.352 e. The normalized spacial score (nSPS) is 13.9. The van der Waals surface area contributed by atoms with Gasteiger partial charge in [-0.1, -0.05) is 13.8 Å². The average Bonchev–Trinajstić information content (AvgIpc) is 2.81. The van der Waals surface area contributed by atoms with Crippen molar-refractivity contribution in [2.75, 3.05) is 6.54 Å². The third kappa shape index (κ3) is 4.29. The van der Waals surface area contributed by atoms with Crippen LogP contribution in [0.25, 0.3) is 0 Å². The Morgan fingerprint density at radius 2 is 1.90 bits per heavy atom. The molecule has 0 saturated carbocycles. The first kappa shape index (κ1) is 17.7. The molecule has 0 aliphatic heterocycles. The number of nitrogens with zero attached hydrogens (tertiary/aromatic N) is 1. The van der Waals surface area contributed by atoms with Crippen LogP contribution in [0.3, 0.4) is 0 Å². The number of aliphatic hydroxyl groups is 1. The molecule has 0 fully saturated rings. The van der Waals surface area contributed by atoms with E-state index >= 15 is 0 Å². The van der Waals surface area contributed by atoms with Gasteiger partial charge in [0.05, 0.1) is 6.10 Å². The standard InChI is InChI=1S/C13H22N2O5S/c1-8(2)12(16)6-14-21(19,20)10-5-11(13(17)18)15(7-10)9(3)4/h5,7-9,12,14,16H,6H2,1-4H3,(H,17,18). The summed E-state index contributed by atoms with van der Waals surface area (Å²) in [4.78, 5) is 11.0.